The molecule has 1 aliphatic heterocycles. The summed E-state index contributed by atoms with van der Waals surface area (Å²) in [5.74, 6) is 0.473. The van der Waals surface area contributed by atoms with Gasteiger partial charge in [-0.15, -0.1) is 0 Å². The van der Waals surface area contributed by atoms with Crippen LogP contribution in [0.25, 0.3) is 11.3 Å². The fraction of sp³-hybridized carbons (Fsp3) is 0.565. The van der Waals surface area contributed by atoms with Gasteiger partial charge in [0.25, 0.3) is 0 Å². The highest BCUT2D eigenvalue weighted by molar-refractivity contribution is 5.70. The number of carbonyl (C=O) groups is 1. The number of aldehydes is 1. The Bertz CT molecular complexity index is 886. The molecule has 1 atom stereocenters. The molecule has 1 unspecified atom stereocenters. The van der Waals surface area contributed by atoms with E-state index in [1.54, 1.807) is 12.1 Å². The Hall–Kier alpha value is -2.62. The van der Waals surface area contributed by atoms with Crippen LogP contribution in [-0.2, 0) is 11.2 Å². The minimum Gasteiger partial charge on any atom is -0.489 e. The summed E-state index contributed by atoms with van der Waals surface area (Å²) >= 11 is 0. The number of benzene rings is 1. The van der Waals surface area contributed by atoms with Crippen molar-refractivity contribution in [2.45, 2.75) is 58.0 Å². The number of carbonyl (C=O) groups excluding carboxylic acids is 1. The molecule has 0 bridgehead atoms. The molecule has 1 N–H and O–H groups in total. The summed E-state index contributed by atoms with van der Waals surface area (Å²) in [4.78, 5) is 11.1. The molecule has 0 saturated heterocycles. The van der Waals surface area contributed by atoms with Crippen molar-refractivity contribution in [1.29, 1.82) is 0 Å². The molecule has 1 fully saturated rings. The zero-order valence-electron chi connectivity index (χ0n) is 19.2. The van der Waals surface area contributed by atoms with Gasteiger partial charge >= 0.3 is 6.61 Å². The van der Waals surface area contributed by atoms with Gasteiger partial charge in [0.2, 0.25) is 0 Å². The quantitative estimate of drug-likeness (QED) is 0.484. The van der Waals surface area contributed by atoms with Crippen LogP contribution in [-0.4, -0.2) is 55.7 Å². The van der Waals surface area contributed by atoms with Crippen molar-refractivity contribution < 1.29 is 31.8 Å². The molecule has 184 valence electrons. The van der Waals surface area contributed by atoms with Gasteiger partial charge in [0.05, 0.1) is 25.4 Å². The minimum absolute atomic E-state index is 0.0666. The van der Waals surface area contributed by atoms with E-state index < -0.39 is 12.8 Å². The van der Waals surface area contributed by atoms with Crippen molar-refractivity contribution in [2.75, 3.05) is 20.8 Å². The normalized spacial score (nSPS) is 21.0. The van der Waals surface area contributed by atoms with Crippen molar-refractivity contribution in [3.63, 3.8) is 0 Å². The third kappa shape index (κ3) is 6.93. The Kier molecular flexibility index (Phi) is 10.1. The largest absolute Gasteiger partial charge is 0.489 e. The molecule has 0 spiro atoms. The average molecular weight is 474 g/mol. The number of fused-ring (bicyclic) bond motifs is 1. The van der Waals surface area contributed by atoms with Crippen molar-refractivity contribution in [2.24, 2.45) is 5.92 Å². The Balaban J connectivity index is 0.000000362. The fourth-order valence-corrected chi connectivity index (χ4v) is 3.60. The number of ether oxygens (including phenoxy) is 2. The Morgan fingerprint density at radius 3 is 2.48 bits per heavy atom. The average Bonchev–Trinajstić information content (AvgIpc) is 3.17. The van der Waals surface area contributed by atoms with E-state index in [4.69, 9.17) is 4.74 Å². The minimum atomic E-state index is -2.88. The number of nitrogens with one attached hydrogen (secondary N) is 1. The lowest BCUT2D eigenvalue weighted by Gasteiger charge is -2.28. The summed E-state index contributed by atoms with van der Waals surface area (Å²) in [7, 11) is 2.37. The predicted molar refractivity (Wildman–Crippen MR) is 117 cm³/mol. The van der Waals surface area contributed by atoms with Gasteiger partial charge in [-0.3, -0.25) is 9.07 Å². The van der Waals surface area contributed by atoms with Crippen LogP contribution < -0.4 is 14.8 Å². The zero-order valence-corrected chi connectivity index (χ0v) is 19.2. The second-order valence-electron chi connectivity index (χ2n) is 8.03. The van der Waals surface area contributed by atoms with Crippen LogP contribution in [0.2, 0.25) is 0 Å². The van der Waals surface area contributed by atoms with Gasteiger partial charge in [-0.05, 0) is 45.9 Å². The summed E-state index contributed by atoms with van der Waals surface area (Å²) in [5.41, 5.74) is 2.06. The molecular formula is C23H31F4N3O3. The fourth-order valence-electron chi connectivity index (χ4n) is 3.60. The third-order valence-electron chi connectivity index (χ3n) is 5.36. The maximum atomic E-state index is 12.4. The van der Waals surface area contributed by atoms with Crippen LogP contribution >= 0.6 is 0 Å². The number of aromatic nitrogens is 2. The van der Waals surface area contributed by atoms with Gasteiger partial charge in [0.15, 0.2) is 5.75 Å². The SMILES string of the molecule is CC(C)n1nc(-c2cccc(OC(F)F)c2)c2c1CC(C=O)CO2.CF.CNC1CC(F)C1. The first kappa shape index (κ1) is 26.6. The van der Waals surface area contributed by atoms with Crippen LogP contribution in [0.5, 0.6) is 11.5 Å². The molecule has 0 amide bonds. The summed E-state index contributed by atoms with van der Waals surface area (Å²) in [6, 6.07) is 6.92. The lowest BCUT2D eigenvalue weighted by molar-refractivity contribution is -0.112. The van der Waals surface area contributed by atoms with Gasteiger partial charge in [-0.1, -0.05) is 12.1 Å². The van der Waals surface area contributed by atoms with Crippen LogP contribution in [0.3, 0.4) is 0 Å². The van der Waals surface area contributed by atoms with Crippen molar-refractivity contribution >= 4 is 6.29 Å². The van der Waals surface area contributed by atoms with Gasteiger partial charge in [-0.25, -0.2) is 4.39 Å². The molecule has 1 aromatic carbocycles. The maximum Gasteiger partial charge on any atom is 0.387 e. The standard InChI is InChI=1S/C17H18F2N2O3.C5H10FN.CH3F/c1-10(2)21-14-6-11(8-22)9-23-16(14)15(20-21)12-4-3-5-13(7-12)24-17(18)19;1-7-5-2-4(6)3-5;1-2/h3-5,7-8,10-11,17H,6,9H2,1-2H3;4-5,7H,2-3H2,1H3;1H3. The Morgan fingerprint density at radius 2 is 1.97 bits per heavy atom. The van der Waals surface area contributed by atoms with E-state index in [1.165, 1.54) is 12.1 Å². The third-order valence-corrected chi connectivity index (χ3v) is 5.36. The first-order valence-corrected chi connectivity index (χ1v) is 10.8. The number of hydrogen-bond donors (Lipinski definition) is 1. The van der Waals surface area contributed by atoms with Gasteiger partial charge in [0.1, 0.15) is 23.9 Å². The second kappa shape index (κ2) is 12.6. The number of nitrogens with zero attached hydrogens (tertiary/aromatic N) is 2. The zero-order chi connectivity index (χ0) is 24.5. The molecule has 0 radical (unpaired) electrons. The molecule has 4 rings (SSSR count). The van der Waals surface area contributed by atoms with Gasteiger partial charge in [0, 0.05) is 24.1 Å². The van der Waals surface area contributed by atoms with Gasteiger partial charge in [-0.2, -0.15) is 13.9 Å². The molecule has 1 aliphatic carbocycles. The van der Waals surface area contributed by atoms with Crippen LogP contribution in [0.4, 0.5) is 17.6 Å². The number of rotatable bonds is 6. The van der Waals surface area contributed by atoms with Crippen LogP contribution in [0, 0.1) is 5.92 Å². The number of alkyl halides is 4. The van der Waals surface area contributed by atoms with E-state index >= 15 is 0 Å². The van der Waals surface area contributed by atoms with E-state index in [0.717, 1.165) is 24.8 Å². The molecule has 2 aliphatic rings. The maximum absolute atomic E-state index is 12.4. The van der Waals surface area contributed by atoms with Crippen molar-refractivity contribution in [3.8, 4) is 22.8 Å². The van der Waals surface area contributed by atoms with Crippen LogP contribution in [0.15, 0.2) is 24.3 Å². The molecule has 33 heavy (non-hydrogen) atoms. The highest BCUT2D eigenvalue weighted by Gasteiger charge is 2.29. The molecular weight excluding hydrogens is 442 g/mol. The molecule has 1 saturated carbocycles. The lowest BCUT2D eigenvalue weighted by atomic mass is 9.91. The Morgan fingerprint density at radius 1 is 1.27 bits per heavy atom. The number of hydrogen-bond acceptors (Lipinski definition) is 5. The molecule has 2 heterocycles. The van der Waals surface area contributed by atoms with Crippen molar-refractivity contribution in [1.82, 2.24) is 15.1 Å². The highest BCUT2D eigenvalue weighted by Crippen LogP contribution is 2.39. The van der Waals surface area contributed by atoms with Crippen molar-refractivity contribution in [3.05, 3.63) is 30.0 Å². The number of halogens is 4. The molecule has 6 nitrogen and oxygen atoms in total. The van der Waals surface area contributed by atoms with Crippen LogP contribution in [0.1, 0.15) is 38.4 Å². The topological polar surface area (TPSA) is 65.4 Å². The van der Waals surface area contributed by atoms with E-state index in [2.05, 4.69) is 15.2 Å². The molecule has 1 aromatic heterocycles. The predicted octanol–water partition coefficient (Wildman–Crippen LogP) is 4.77. The summed E-state index contributed by atoms with van der Waals surface area (Å²) in [5, 5.41) is 7.58. The monoisotopic (exact) mass is 473 g/mol. The summed E-state index contributed by atoms with van der Waals surface area (Å²) in [6.45, 7) is 1.38. The Labute approximate surface area is 191 Å². The van der Waals surface area contributed by atoms with E-state index in [-0.39, 0.29) is 17.7 Å². The first-order valence-electron chi connectivity index (χ1n) is 10.8. The summed E-state index contributed by atoms with van der Waals surface area (Å²) < 4.78 is 58.3. The highest BCUT2D eigenvalue weighted by atomic mass is 19.3. The van der Waals surface area contributed by atoms with E-state index in [9.17, 15) is 22.4 Å². The van der Waals surface area contributed by atoms with E-state index in [1.807, 2.05) is 25.6 Å². The first-order chi connectivity index (χ1) is 15.8. The smallest absolute Gasteiger partial charge is 0.387 e. The van der Waals surface area contributed by atoms with Gasteiger partial charge < -0.3 is 19.6 Å². The molecule has 10 heteroatoms. The second-order valence-corrected chi connectivity index (χ2v) is 8.03. The summed E-state index contributed by atoms with van der Waals surface area (Å²) in [6.07, 6.45) is 2.36. The molecule has 2 aromatic rings. The van der Waals surface area contributed by atoms with E-state index in [0.29, 0.717) is 43.3 Å². The lowest BCUT2D eigenvalue weighted by Crippen LogP contribution is -2.39.